The quantitative estimate of drug-likeness (QED) is 0.841. The van der Waals surface area contributed by atoms with Crippen molar-refractivity contribution in [3.05, 3.63) is 29.6 Å². The monoisotopic (exact) mass is 345 g/mol. The molecule has 1 spiro atoms. The molecular formula is C19H27N3O3. The van der Waals surface area contributed by atoms with Crippen molar-refractivity contribution >= 4 is 12.0 Å². The van der Waals surface area contributed by atoms with Crippen LogP contribution in [0.5, 0.6) is 0 Å². The number of pyridine rings is 1. The van der Waals surface area contributed by atoms with Gasteiger partial charge in [-0.25, -0.2) is 4.79 Å². The normalized spacial score (nSPS) is 20.7. The molecule has 6 nitrogen and oxygen atoms in total. The molecule has 136 valence electrons. The summed E-state index contributed by atoms with van der Waals surface area (Å²) >= 11 is 0. The molecule has 3 rings (SSSR count). The number of aromatic nitrogens is 1. The highest BCUT2D eigenvalue weighted by Gasteiger charge is 2.48. The number of carbonyl (C=O) groups is 2. The Hall–Kier alpha value is -2.11. The lowest BCUT2D eigenvalue weighted by atomic mass is 9.90. The number of nitrogens with zero attached hydrogens (tertiary/aromatic N) is 3. The number of likely N-dealkylation sites (tertiary alicyclic amines) is 1. The maximum atomic E-state index is 12.6. The fourth-order valence-electron chi connectivity index (χ4n) is 3.71. The van der Waals surface area contributed by atoms with E-state index in [0.29, 0.717) is 38.0 Å². The summed E-state index contributed by atoms with van der Waals surface area (Å²) in [6.45, 7) is 7.95. The minimum Gasteiger partial charge on any atom is -0.441 e. The van der Waals surface area contributed by atoms with Gasteiger partial charge < -0.3 is 14.5 Å². The van der Waals surface area contributed by atoms with E-state index in [1.807, 2.05) is 28.9 Å². The molecular weight excluding hydrogens is 318 g/mol. The summed E-state index contributed by atoms with van der Waals surface area (Å²) in [5.74, 6) is 0.00267. The summed E-state index contributed by atoms with van der Waals surface area (Å²) < 4.78 is 5.76. The number of rotatable bonds is 4. The van der Waals surface area contributed by atoms with Gasteiger partial charge in [-0.1, -0.05) is 13.3 Å². The summed E-state index contributed by atoms with van der Waals surface area (Å²) in [5, 5.41) is 0. The highest BCUT2D eigenvalue weighted by Crippen LogP contribution is 2.35. The van der Waals surface area contributed by atoms with Crippen molar-refractivity contribution in [3.63, 3.8) is 0 Å². The number of carbonyl (C=O) groups excluding carboxylic acids is 2. The zero-order valence-electron chi connectivity index (χ0n) is 15.3. The van der Waals surface area contributed by atoms with Gasteiger partial charge in [-0.05, 0) is 32.4 Å². The molecule has 6 heteroatoms. The van der Waals surface area contributed by atoms with Crippen molar-refractivity contribution < 1.29 is 14.3 Å². The van der Waals surface area contributed by atoms with Crippen LogP contribution in [-0.2, 0) is 4.74 Å². The number of ether oxygens (including phenoxy) is 1. The highest BCUT2D eigenvalue weighted by molar-refractivity contribution is 5.94. The standard InChI is InChI=1S/C19H27N3O3/c1-4-5-15(3)22-13-19(25-18(22)24)8-10-21(11-9-19)17(23)16-7-6-14(2)20-12-16/h6-7,12,15H,4-5,8-11,13H2,1-3H3. The summed E-state index contributed by atoms with van der Waals surface area (Å²) in [7, 11) is 0. The number of hydrogen-bond donors (Lipinski definition) is 0. The van der Waals surface area contributed by atoms with Gasteiger partial charge in [-0.15, -0.1) is 0 Å². The highest BCUT2D eigenvalue weighted by atomic mass is 16.6. The van der Waals surface area contributed by atoms with E-state index in [2.05, 4.69) is 18.8 Å². The first-order valence-corrected chi connectivity index (χ1v) is 9.16. The van der Waals surface area contributed by atoms with Crippen LogP contribution >= 0.6 is 0 Å². The largest absolute Gasteiger partial charge is 0.441 e. The first-order valence-electron chi connectivity index (χ1n) is 9.16. The fraction of sp³-hybridized carbons (Fsp3) is 0.632. The van der Waals surface area contributed by atoms with E-state index in [0.717, 1.165) is 18.5 Å². The number of aryl methyl sites for hydroxylation is 1. The van der Waals surface area contributed by atoms with Gasteiger partial charge in [0, 0.05) is 43.9 Å². The van der Waals surface area contributed by atoms with E-state index >= 15 is 0 Å². The summed E-state index contributed by atoms with van der Waals surface area (Å²) in [4.78, 5) is 32.7. The van der Waals surface area contributed by atoms with Crippen molar-refractivity contribution in [2.45, 2.75) is 58.1 Å². The van der Waals surface area contributed by atoms with Gasteiger partial charge in [-0.2, -0.15) is 0 Å². The van der Waals surface area contributed by atoms with E-state index in [4.69, 9.17) is 4.74 Å². The van der Waals surface area contributed by atoms with Crippen molar-refractivity contribution in [1.29, 1.82) is 0 Å². The first kappa shape index (κ1) is 17.7. The van der Waals surface area contributed by atoms with Crippen molar-refractivity contribution in [2.75, 3.05) is 19.6 Å². The second kappa shape index (κ2) is 7.02. The minimum atomic E-state index is -0.429. The molecule has 0 N–H and O–H groups in total. The molecule has 25 heavy (non-hydrogen) atoms. The third kappa shape index (κ3) is 3.62. The predicted molar refractivity (Wildman–Crippen MR) is 94.4 cm³/mol. The molecule has 3 heterocycles. The van der Waals surface area contributed by atoms with Crippen LogP contribution in [0.3, 0.4) is 0 Å². The van der Waals surface area contributed by atoms with Crippen LogP contribution in [0.4, 0.5) is 4.79 Å². The van der Waals surface area contributed by atoms with Crippen molar-refractivity contribution in [2.24, 2.45) is 0 Å². The molecule has 1 atom stereocenters. The predicted octanol–water partition coefficient (Wildman–Crippen LogP) is 3.01. The molecule has 0 aromatic carbocycles. The number of amides is 2. The van der Waals surface area contributed by atoms with Gasteiger partial charge in [0.2, 0.25) is 0 Å². The summed E-state index contributed by atoms with van der Waals surface area (Å²) in [5.41, 5.74) is 1.08. The maximum absolute atomic E-state index is 12.6. The molecule has 0 radical (unpaired) electrons. The molecule has 1 aromatic rings. The van der Waals surface area contributed by atoms with Crippen LogP contribution in [0.1, 0.15) is 55.6 Å². The first-order chi connectivity index (χ1) is 11.9. The van der Waals surface area contributed by atoms with Gasteiger partial charge in [0.25, 0.3) is 5.91 Å². The average Bonchev–Trinajstić information content (AvgIpc) is 2.92. The SMILES string of the molecule is CCCC(C)N1CC2(CCN(C(=O)c3ccc(C)nc3)CC2)OC1=O. The van der Waals surface area contributed by atoms with E-state index < -0.39 is 5.60 Å². The second-order valence-electron chi connectivity index (χ2n) is 7.30. The Morgan fingerprint density at radius 3 is 2.68 bits per heavy atom. The fourth-order valence-corrected chi connectivity index (χ4v) is 3.71. The Kier molecular flexibility index (Phi) is 4.97. The van der Waals surface area contributed by atoms with Gasteiger partial charge in [0.15, 0.2) is 0 Å². The maximum Gasteiger partial charge on any atom is 0.410 e. The molecule has 0 saturated carbocycles. The Balaban J connectivity index is 1.61. The molecule has 1 unspecified atom stereocenters. The Labute approximate surface area is 149 Å². The third-order valence-corrected chi connectivity index (χ3v) is 5.36. The van der Waals surface area contributed by atoms with E-state index in [1.165, 1.54) is 0 Å². The molecule has 2 aliphatic rings. The molecule has 1 aromatic heterocycles. The van der Waals surface area contributed by atoms with Crippen LogP contribution < -0.4 is 0 Å². The lowest BCUT2D eigenvalue weighted by Crippen LogP contribution is -2.49. The molecule has 2 aliphatic heterocycles. The van der Waals surface area contributed by atoms with Crippen LogP contribution in [0.15, 0.2) is 18.3 Å². The number of piperidine rings is 1. The average molecular weight is 345 g/mol. The lowest BCUT2D eigenvalue weighted by Gasteiger charge is -2.37. The smallest absolute Gasteiger partial charge is 0.410 e. The van der Waals surface area contributed by atoms with Crippen LogP contribution in [0.25, 0.3) is 0 Å². The van der Waals surface area contributed by atoms with Crippen molar-refractivity contribution in [1.82, 2.24) is 14.8 Å². The molecule has 0 bridgehead atoms. The minimum absolute atomic E-state index is 0.00267. The number of hydrogen-bond acceptors (Lipinski definition) is 4. The van der Waals surface area contributed by atoms with Crippen LogP contribution in [-0.4, -0.2) is 58.1 Å². The zero-order chi connectivity index (χ0) is 18.0. The van der Waals surface area contributed by atoms with Gasteiger partial charge in [-0.3, -0.25) is 9.78 Å². The molecule has 2 fully saturated rings. The summed E-state index contributed by atoms with van der Waals surface area (Å²) in [6, 6.07) is 3.87. The van der Waals surface area contributed by atoms with E-state index in [9.17, 15) is 9.59 Å². The van der Waals surface area contributed by atoms with Crippen LogP contribution in [0, 0.1) is 6.92 Å². The molecule has 2 amide bonds. The Morgan fingerprint density at radius 2 is 2.08 bits per heavy atom. The second-order valence-corrected chi connectivity index (χ2v) is 7.30. The zero-order valence-corrected chi connectivity index (χ0v) is 15.3. The van der Waals surface area contributed by atoms with E-state index in [-0.39, 0.29) is 18.0 Å². The Bertz CT molecular complexity index is 636. The summed E-state index contributed by atoms with van der Waals surface area (Å²) in [6.07, 6.45) is 4.84. The van der Waals surface area contributed by atoms with Gasteiger partial charge in [0.05, 0.1) is 12.1 Å². The van der Waals surface area contributed by atoms with Crippen LogP contribution in [0.2, 0.25) is 0 Å². The van der Waals surface area contributed by atoms with Crippen molar-refractivity contribution in [3.8, 4) is 0 Å². The molecule has 2 saturated heterocycles. The topological polar surface area (TPSA) is 62.7 Å². The lowest BCUT2D eigenvalue weighted by molar-refractivity contribution is 0.00306. The third-order valence-electron chi connectivity index (χ3n) is 5.36. The van der Waals surface area contributed by atoms with E-state index in [1.54, 1.807) is 6.20 Å². The van der Waals surface area contributed by atoms with Gasteiger partial charge in [0.1, 0.15) is 5.60 Å². The Morgan fingerprint density at radius 1 is 1.36 bits per heavy atom. The van der Waals surface area contributed by atoms with Gasteiger partial charge >= 0.3 is 6.09 Å². The molecule has 0 aliphatic carbocycles.